The summed E-state index contributed by atoms with van der Waals surface area (Å²) in [5.41, 5.74) is 2.70. The van der Waals surface area contributed by atoms with Crippen LogP contribution in [0.3, 0.4) is 0 Å². The maximum absolute atomic E-state index is 11.5. The van der Waals surface area contributed by atoms with E-state index in [2.05, 4.69) is 0 Å². The highest BCUT2D eigenvalue weighted by atomic mass is 16.5. The summed E-state index contributed by atoms with van der Waals surface area (Å²) in [7, 11) is 3.04. The third kappa shape index (κ3) is 3.13. The molecule has 0 saturated carbocycles. The topological polar surface area (TPSA) is 35.5 Å². The highest BCUT2D eigenvalue weighted by molar-refractivity contribution is 5.89. The van der Waals surface area contributed by atoms with E-state index < -0.39 is 0 Å². The quantitative estimate of drug-likeness (QED) is 0.789. The SMILES string of the molecule is COC(=O)c1cccc(Cc2ccccc2OC)c1. The van der Waals surface area contributed by atoms with Crippen LogP contribution in [0, 0.1) is 0 Å². The normalized spacial score (nSPS) is 10.0. The van der Waals surface area contributed by atoms with Gasteiger partial charge in [0.15, 0.2) is 0 Å². The minimum Gasteiger partial charge on any atom is -0.496 e. The van der Waals surface area contributed by atoms with Crippen LogP contribution in [0.15, 0.2) is 48.5 Å². The van der Waals surface area contributed by atoms with Crippen molar-refractivity contribution in [2.24, 2.45) is 0 Å². The van der Waals surface area contributed by atoms with Crippen molar-refractivity contribution >= 4 is 5.97 Å². The first-order chi connectivity index (χ1) is 9.24. The van der Waals surface area contributed by atoms with Gasteiger partial charge in [-0.15, -0.1) is 0 Å². The van der Waals surface area contributed by atoms with Crippen LogP contribution in [-0.2, 0) is 11.2 Å². The van der Waals surface area contributed by atoms with Gasteiger partial charge < -0.3 is 9.47 Å². The molecule has 0 fully saturated rings. The van der Waals surface area contributed by atoms with E-state index >= 15 is 0 Å². The molecule has 0 atom stereocenters. The molecule has 0 N–H and O–H groups in total. The lowest BCUT2D eigenvalue weighted by atomic mass is 10.0. The molecule has 0 aromatic heterocycles. The van der Waals surface area contributed by atoms with E-state index in [1.165, 1.54) is 7.11 Å². The van der Waals surface area contributed by atoms with Gasteiger partial charge in [-0.3, -0.25) is 0 Å². The van der Waals surface area contributed by atoms with Crippen LogP contribution in [0.4, 0.5) is 0 Å². The molecule has 2 aromatic carbocycles. The van der Waals surface area contributed by atoms with Crippen molar-refractivity contribution < 1.29 is 14.3 Å². The minimum absolute atomic E-state index is 0.318. The van der Waals surface area contributed by atoms with Gasteiger partial charge in [0.2, 0.25) is 0 Å². The lowest BCUT2D eigenvalue weighted by Crippen LogP contribution is -2.02. The standard InChI is InChI=1S/C16H16O3/c1-18-15-9-4-3-7-13(15)10-12-6-5-8-14(11-12)16(17)19-2/h3-9,11H,10H2,1-2H3. The van der Waals surface area contributed by atoms with Gasteiger partial charge >= 0.3 is 5.97 Å². The van der Waals surface area contributed by atoms with E-state index in [0.29, 0.717) is 5.56 Å². The Morgan fingerprint density at radius 1 is 1.05 bits per heavy atom. The highest BCUT2D eigenvalue weighted by Gasteiger charge is 2.07. The van der Waals surface area contributed by atoms with E-state index in [1.54, 1.807) is 13.2 Å². The van der Waals surface area contributed by atoms with Gasteiger partial charge in [-0.25, -0.2) is 4.79 Å². The van der Waals surface area contributed by atoms with Gasteiger partial charge in [0.1, 0.15) is 5.75 Å². The van der Waals surface area contributed by atoms with Crippen molar-refractivity contribution in [1.29, 1.82) is 0 Å². The van der Waals surface area contributed by atoms with Gasteiger partial charge in [-0.05, 0) is 29.3 Å². The van der Waals surface area contributed by atoms with Crippen molar-refractivity contribution in [3.8, 4) is 5.75 Å². The second-order valence-corrected chi connectivity index (χ2v) is 4.18. The molecule has 0 saturated heterocycles. The number of carbonyl (C=O) groups excluding carboxylic acids is 1. The average Bonchev–Trinajstić information content (AvgIpc) is 2.47. The maximum atomic E-state index is 11.5. The average molecular weight is 256 g/mol. The molecule has 0 spiro atoms. The molecule has 19 heavy (non-hydrogen) atoms. The second-order valence-electron chi connectivity index (χ2n) is 4.18. The number of benzene rings is 2. The molecular formula is C16H16O3. The molecule has 0 amide bonds. The molecule has 0 heterocycles. The smallest absolute Gasteiger partial charge is 0.337 e. The predicted molar refractivity (Wildman–Crippen MR) is 73.6 cm³/mol. The second kappa shape index (κ2) is 6.05. The zero-order valence-corrected chi connectivity index (χ0v) is 11.1. The first-order valence-electron chi connectivity index (χ1n) is 6.03. The summed E-state index contributed by atoms with van der Waals surface area (Å²) in [6, 6.07) is 15.3. The number of rotatable bonds is 4. The first kappa shape index (κ1) is 13.1. The molecule has 0 bridgehead atoms. The van der Waals surface area contributed by atoms with Crippen LogP contribution in [0.5, 0.6) is 5.75 Å². The van der Waals surface area contributed by atoms with Crippen LogP contribution in [0.2, 0.25) is 0 Å². The summed E-state index contributed by atoms with van der Waals surface area (Å²) in [6.07, 6.45) is 0.717. The van der Waals surface area contributed by atoms with Crippen molar-refractivity contribution in [2.75, 3.05) is 14.2 Å². The molecular weight excluding hydrogens is 240 g/mol. The van der Waals surface area contributed by atoms with Gasteiger partial charge in [-0.1, -0.05) is 30.3 Å². The molecule has 3 heteroatoms. The molecule has 0 aliphatic heterocycles. The number of para-hydroxylation sites is 1. The van der Waals surface area contributed by atoms with E-state index in [4.69, 9.17) is 9.47 Å². The van der Waals surface area contributed by atoms with Gasteiger partial charge in [0, 0.05) is 6.42 Å². The van der Waals surface area contributed by atoms with Crippen molar-refractivity contribution in [3.63, 3.8) is 0 Å². The first-order valence-corrected chi connectivity index (χ1v) is 6.03. The fourth-order valence-electron chi connectivity index (χ4n) is 2.00. The minimum atomic E-state index is -0.318. The number of carbonyl (C=O) groups is 1. The Morgan fingerprint density at radius 2 is 1.84 bits per heavy atom. The monoisotopic (exact) mass is 256 g/mol. The number of hydrogen-bond acceptors (Lipinski definition) is 3. The van der Waals surface area contributed by atoms with Gasteiger partial charge in [-0.2, -0.15) is 0 Å². The fourth-order valence-corrected chi connectivity index (χ4v) is 2.00. The highest BCUT2D eigenvalue weighted by Crippen LogP contribution is 2.21. The lowest BCUT2D eigenvalue weighted by molar-refractivity contribution is 0.0600. The molecule has 3 nitrogen and oxygen atoms in total. The predicted octanol–water partition coefficient (Wildman–Crippen LogP) is 3.07. The van der Waals surface area contributed by atoms with E-state index in [9.17, 15) is 4.79 Å². The number of esters is 1. The maximum Gasteiger partial charge on any atom is 0.337 e. The zero-order valence-electron chi connectivity index (χ0n) is 11.1. The Labute approximate surface area is 112 Å². The fraction of sp³-hybridized carbons (Fsp3) is 0.188. The molecule has 98 valence electrons. The Balaban J connectivity index is 2.26. The summed E-state index contributed by atoms with van der Waals surface area (Å²) in [4.78, 5) is 11.5. The van der Waals surface area contributed by atoms with E-state index in [-0.39, 0.29) is 5.97 Å². The summed E-state index contributed by atoms with van der Waals surface area (Å²) >= 11 is 0. The number of hydrogen-bond donors (Lipinski definition) is 0. The lowest BCUT2D eigenvalue weighted by Gasteiger charge is -2.09. The molecule has 0 unspecified atom stereocenters. The van der Waals surface area contributed by atoms with E-state index in [1.807, 2.05) is 42.5 Å². The van der Waals surface area contributed by atoms with Crippen LogP contribution in [0.25, 0.3) is 0 Å². The van der Waals surface area contributed by atoms with Crippen molar-refractivity contribution in [2.45, 2.75) is 6.42 Å². The summed E-state index contributed by atoms with van der Waals surface area (Å²) in [6.45, 7) is 0. The third-order valence-corrected chi connectivity index (χ3v) is 2.94. The molecule has 0 aliphatic rings. The summed E-state index contributed by atoms with van der Waals surface area (Å²) < 4.78 is 10.0. The molecule has 2 rings (SSSR count). The Kier molecular flexibility index (Phi) is 4.18. The summed E-state index contributed by atoms with van der Waals surface area (Å²) in [5.74, 6) is 0.535. The Hall–Kier alpha value is -2.29. The van der Waals surface area contributed by atoms with Crippen molar-refractivity contribution in [1.82, 2.24) is 0 Å². The Bertz CT molecular complexity index is 576. The number of methoxy groups -OCH3 is 2. The Morgan fingerprint density at radius 3 is 2.58 bits per heavy atom. The van der Waals surface area contributed by atoms with Gasteiger partial charge in [0.25, 0.3) is 0 Å². The zero-order chi connectivity index (χ0) is 13.7. The third-order valence-electron chi connectivity index (χ3n) is 2.94. The largest absolute Gasteiger partial charge is 0.496 e. The molecule has 2 aromatic rings. The van der Waals surface area contributed by atoms with E-state index in [0.717, 1.165) is 23.3 Å². The van der Waals surface area contributed by atoms with Crippen LogP contribution in [0.1, 0.15) is 21.5 Å². The van der Waals surface area contributed by atoms with Crippen LogP contribution < -0.4 is 4.74 Å². The van der Waals surface area contributed by atoms with Gasteiger partial charge in [0.05, 0.1) is 19.8 Å². The summed E-state index contributed by atoms with van der Waals surface area (Å²) in [5, 5.41) is 0. The molecule has 0 aliphatic carbocycles. The van der Waals surface area contributed by atoms with Crippen LogP contribution >= 0.6 is 0 Å². The number of ether oxygens (including phenoxy) is 2. The van der Waals surface area contributed by atoms with Crippen molar-refractivity contribution in [3.05, 3.63) is 65.2 Å². The van der Waals surface area contributed by atoms with Crippen LogP contribution in [-0.4, -0.2) is 20.2 Å². The molecule has 0 radical (unpaired) electrons.